The normalized spacial score (nSPS) is 16.6. The van der Waals surface area contributed by atoms with E-state index in [1.807, 2.05) is 24.3 Å². The first-order chi connectivity index (χ1) is 9.93. The summed E-state index contributed by atoms with van der Waals surface area (Å²) in [5, 5.41) is 3.23. The monoisotopic (exact) mass is 408 g/mol. The standard InChI is InChI=1S/C17H14Br2O2/c1-17(2)15(20)11-5-3-9(7-18)13-10(8-19)4-6-12(14(11)13)16(17)21/h3-6H,7-8H2,1-2H3. The SMILES string of the molecule is CC1(C)C(=O)c2ccc(CBr)c3c(CBr)ccc(c23)C1=O. The molecule has 0 bridgehead atoms. The minimum Gasteiger partial charge on any atom is -0.293 e. The van der Waals surface area contributed by atoms with Gasteiger partial charge in [-0.1, -0.05) is 56.1 Å². The molecule has 2 nitrogen and oxygen atoms in total. The molecule has 21 heavy (non-hydrogen) atoms. The maximum absolute atomic E-state index is 12.7. The number of carbonyl (C=O) groups is 2. The molecular weight excluding hydrogens is 396 g/mol. The summed E-state index contributed by atoms with van der Waals surface area (Å²) in [4.78, 5) is 25.4. The number of hydrogen-bond donors (Lipinski definition) is 0. The number of hydrogen-bond acceptors (Lipinski definition) is 2. The van der Waals surface area contributed by atoms with Crippen molar-refractivity contribution >= 4 is 54.2 Å². The van der Waals surface area contributed by atoms with Crippen LogP contribution in [0, 0.1) is 5.41 Å². The van der Waals surface area contributed by atoms with Crippen molar-refractivity contribution in [1.82, 2.24) is 0 Å². The molecule has 0 saturated heterocycles. The van der Waals surface area contributed by atoms with Crippen molar-refractivity contribution in [3.8, 4) is 0 Å². The van der Waals surface area contributed by atoms with E-state index in [1.54, 1.807) is 13.8 Å². The molecule has 0 spiro atoms. The van der Waals surface area contributed by atoms with Crippen molar-refractivity contribution in [1.29, 1.82) is 0 Å². The minimum absolute atomic E-state index is 0.0853. The molecule has 0 amide bonds. The molecule has 0 saturated carbocycles. The number of carbonyl (C=O) groups excluding carboxylic acids is 2. The first-order valence-corrected chi connectivity index (χ1v) is 8.96. The van der Waals surface area contributed by atoms with E-state index in [1.165, 1.54) is 0 Å². The van der Waals surface area contributed by atoms with Crippen LogP contribution in [0.3, 0.4) is 0 Å². The predicted octanol–water partition coefficient (Wildman–Crippen LogP) is 5.03. The van der Waals surface area contributed by atoms with Crippen LogP contribution in [-0.4, -0.2) is 11.6 Å². The number of rotatable bonds is 2. The minimum atomic E-state index is -0.980. The maximum Gasteiger partial charge on any atom is 0.176 e. The molecular formula is C17H14Br2O2. The van der Waals surface area contributed by atoms with Gasteiger partial charge in [-0.15, -0.1) is 0 Å². The maximum atomic E-state index is 12.7. The highest BCUT2D eigenvalue weighted by molar-refractivity contribution is 9.08. The van der Waals surface area contributed by atoms with Crippen LogP contribution in [-0.2, 0) is 10.7 Å². The van der Waals surface area contributed by atoms with Gasteiger partial charge >= 0.3 is 0 Å². The quantitative estimate of drug-likeness (QED) is 0.514. The van der Waals surface area contributed by atoms with Crippen molar-refractivity contribution < 1.29 is 9.59 Å². The Morgan fingerprint density at radius 3 is 1.62 bits per heavy atom. The van der Waals surface area contributed by atoms with E-state index in [0.29, 0.717) is 21.8 Å². The van der Waals surface area contributed by atoms with Crippen molar-refractivity contribution in [2.24, 2.45) is 5.41 Å². The summed E-state index contributed by atoms with van der Waals surface area (Å²) in [6.45, 7) is 3.42. The third-order valence-corrected chi connectivity index (χ3v) is 5.45. The highest BCUT2D eigenvalue weighted by atomic mass is 79.9. The zero-order chi connectivity index (χ0) is 15.4. The van der Waals surface area contributed by atoms with Crippen molar-refractivity contribution in [2.45, 2.75) is 24.5 Å². The lowest BCUT2D eigenvalue weighted by Gasteiger charge is -2.29. The summed E-state index contributed by atoms with van der Waals surface area (Å²) in [6, 6.07) is 7.67. The van der Waals surface area contributed by atoms with Crippen LogP contribution in [0.25, 0.3) is 10.8 Å². The molecule has 0 aliphatic heterocycles. The lowest BCUT2D eigenvalue weighted by molar-refractivity contribution is 0.0706. The Balaban J connectivity index is 2.53. The molecule has 0 radical (unpaired) electrons. The second kappa shape index (κ2) is 5.03. The Labute approximate surface area is 140 Å². The van der Waals surface area contributed by atoms with Crippen LogP contribution in [0.15, 0.2) is 24.3 Å². The van der Waals surface area contributed by atoms with Gasteiger partial charge in [0.25, 0.3) is 0 Å². The average Bonchev–Trinajstić information content (AvgIpc) is 2.50. The van der Waals surface area contributed by atoms with Crippen LogP contribution >= 0.6 is 31.9 Å². The van der Waals surface area contributed by atoms with Gasteiger partial charge in [0.2, 0.25) is 0 Å². The van der Waals surface area contributed by atoms with E-state index in [2.05, 4.69) is 31.9 Å². The van der Waals surface area contributed by atoms with Gasteiger partial charge in [-0.3, -0.25) is 9.59 Å². The number of alkyl halides is 2. The van der Waals surface area contributed by atoms with Gasteiger partial charge in [0.15, 0.2) is 11.6 Å². The van der Waals surface area contributed by atoms with Crippen molar-refractivity contribution in [3.63, 3.8) is 0 Å². The average molecular weight is 410 g/mol. The fourth-order valence-electron chi connectivity index (χ4n) is 3.02. The highest BCUT2D eigenvalue weighted by Gasteiger charge is 2.43. The molecule has 1 aliphatic rings. The third kappa shape index (κ3) is 1.95. The largest absolute Gasteiger partial charge is 0.293 e. The summed E-state index contributed by atoms with van der Waals surface area (Å²) in [6.07, 6.45) is 0. The molecule has 3 rings (SSSR count). The van der Waals surface area contributed by atoms with Crippen LogP contribution in [0.4, 0.5) is 0 Å². The van der Waals surface area contributed by atoms with Crippen molar-refractivity contribution in [3.05, 3.63) is 46.5 Å². The number of ketones is 2. The van der Waals surface area contributed by atoms with Crippen LogP contribution in [0.1, 0.15) is 45.7 Å². The van der Waals surface area contributed by atoms with E-state index >= 15 is 0 Å². The molecule has 2 aromatic rings. The molecule has 1 aliphatic carbocycles. The van der Waals surface area contributed by atoms with Gasteiger partial charge in [-0.25, -0.2) is 0 Å². The fourth-order valence-corrected chi connectivity index (χ4v) is 3.96. The molecule has 2 aromatic carbocycles. The Morgan fingerprint density at radius 2 is 1.24 bits per heavy atom. The first kappa shape index (κ1) is 14.9. The van der Waals surface area contributed by atoms with E-state index in [-0.39, 0.29) is 11.6 Å². The molecule has 4 heteroatoms. The van der Waals surface area contributed by atoms with Crippen LogP contribution < -0.4 is 0 Å². The highest BCUT2D eigenvalue weighted by Crippen LogP contribution is 2.41. The summed E-state index contributed by atoms with van der Waals surface area (Å²) in [5.41, 5.74) is 2.55. The molecule has 0 atom stereocenters. The zero-order valence-corrected chi connectivity index (χ0v) is 15.0. The van der Waals surface area contributed by atoms with Crippen LogP contribution in [0.2, 0.25) is 0 Å². The topological polar surface area (TPSA) is 34.1 Å². The lowest BCUT2D eigenvalue weighted by atomic mass is 9.70. The summed E-state index contributed by atoms with van der Waals surface area (Å²) < 4.78 is 0. The first-order valence-electron chi connectivity index (χ1n) is 6.72. The molecule has 0 fully saturated rings. The van der Waals surface area contributed by atoms with Gasteiger partial charge in [0.1, 0.15) is 0 Å². The number of Topliss-reactive ketones (excluding diaryl/α,β-unsaturated/α-hetero) is 2. The van der Waals surface area contributed by atoms with E-state index in [4.69, 9.17) is 0 Å². The molecule has 108 valence electrons. The number of halogens is 2. The van der Waals surface area contributed by atoms with Gasteiger partial charge in [0.05, 0.1) is 5.41 Å². The summed E-state index contributed by atoms with van der Waals surface area (Å²) in [7, 11) is 0. The van der Waals surface area contributed by atoms with Crippen LogP contribution in [0.5, 0.6) is 0 Å². The Morgan fingerprint density at radius 1 is 0.810 bits per heavy atom. The van der Waals surface area contributed by atoms with Gasteiger partial charge in [-0.05, 0) is 30.4 Å². The Hall–Kier alpha value is -1.00. The van der Waals surface area contributed by atoms with Gasteiger partial charge < -0.3 is 0 Å². The fraction of sp³-hybridized carbons (Fsp3) is 0.294. The molecule has 0 N–H and O–H groups in total. The lowest BCUT2D eigenvalue weighted by Crippen LogP contribution is -2.37. The van der Waals surface area contributed by atoms with Gasteiger partial charge in [-0.2, -0.15) is 0 Å². The molecule has 0 aromatic heterocycles. The molecule has 0 unspecified atom stereocenters. The van der Waals surface area contributed by atoms with Gasteiger partial charge in [0, 0.05) is 27.2 Å². The number of benzene rings is 2. The van der Waals surface area contributed by atoms with Crippen molar-refractivity contribution in [2.75, 3.05) is 0 Å². The Bertz CT molecular complexity index is 730. The second-order valence-corrected chi connectivity index (χ2v) is 6.97. The zero-order valence-electron chi connectivity index (χ0n) is 11.8. The summed E-state index contributed by atoms with van der Waals surface area (Å²) in [5.74, 6) is -0.171. The predicted molar refractivity (Wildman–Crippen MR) is 91.7 cm³/mol. The Kier molecular flexibility index (Phi) is 3.57. The van der Waals surface area contributed by atoms with E-state index in [0.717, 1.165) is 21.9 Å². The second-order valence-electron chi connectivity index (χ2n) is 5.85. The van der Waals surface area contributed by atoms with E-state index < -0.39 is 5.41 Å². The third-order valence-electron chi connectivity index (χ3n) is 4.25. The molecule has 0 heterocycles. The summed E-state index contributed by atoms with van der Waals surface area (Å²) >= 11 is 7.00. The van der Waals surface area contributed by atoms with E-state index in [9.17, 15) is 9.59 Å². The smallest absolute Gasteiger partial charge is 0.176 e.